The third kappa shape index (κ3) is 3.99. The van der Waals surface area contributed by atoms with E-state index in [2.05, 4.69) is 28.4 Å². The molecule has 0 atom stereocenters. The largest absolute Gasteiger partial charge is 0.324 e. The van der Waals surface area contributed by atoms with Gasteiger partial charge in [0, 0.05) is 43.8 Å². The summed E-state index contributed by atoms with van der Waals surface area (Å²) in [6, 6.07) is 7.88. The van der Waals surface area contributed by atoms with Crippen LogP contribution in [0.15, 0.2) is 41.7 Å². The highest BCUT2D eigenvalue weighted by Gasteiger charge is 2.31. The topological polar surface area (TPSA) is 77.0 Å². The molecule has 1 saturated heterocycles. The van der Waals surface area contributed by atoms with E-state index in [1.807, 2.05) is 23.1 Å². The normalized spacial score (nSPS) is 18.5. The van der Waals surface area contributed by atoms with E-state index in [4.69, 9.17) is 0 Å². The summed E-state index contributed by atoms with van der Waals surface area (Å²) in [5.41, 5.74) is 2.06. The molecule has 1 aromatic rings. The van der Waals surface area contributed by atoms with Crippen LogP contribution in [0.2, 0.25) is 0 Å². The van der Waals surface area contributed by atoms with Crippen LogP contribution in [-0.2, 0) is 6.42 Å². The molecule has 7 heteroatoms. The minimum atomic E-state index is -0.147. The van der Waals surface area contributed by atoms with Gasteiger partial charge in [0.05, 0.1) is 0 Å². The van der Waals surface area contributed by atoms with Gasteiger partial charge in [-0.2, -0.15) is 0 Å². The molecular weight excluding hydrogens is 318 g/mol. The molecule has 0 bridgehead atoms. The van der Waals surface area contributed by atoms with Crippen LogP contribution < -0.4 is 10.6 Å². The van der Waals surface area contributed by atoms with Gasteiger partial charge in [-0.15, -0.1) is 0 Å². The first-order valence-corrected chi connectivity index (χ1v) is 8.51. The van der Waals surface area contributed by atoms with Crippen LogP contribution in [0.4, 0.5) is 15.3 Å². The Bertz CT molecular complexity index is 680. The molecule has 0 saturated carbocycles. The fourth-order valence-electron chi connectivity index (χ4n) is 3.37. The van der Waals surface area contributed by atoms with Crippen LogP contribution >= 0.6 is 0 Å². The summed E-state index contributed by atoms with van der Waals surface area (Å²) in [6.45, 7) is 5.27. The van der Waals surface area contributed by atoms with E-state index in [1.54, 1.807) is 4.90 Å². The first-order chi connectivity index (χ1) is 12.2. The van der Waals surface area contributed by atoms with Crippen molar-refractivity contribution in [2.24, 2.45) is 4.99 Å². The number of piperidine rings is 1. The first kappa shape index (κ1) is 17.0. The molecule has 0 radical (unpaired) electrons. The zero-order valence-electron chi connectivity index (χ0n) is 14.1. The molecular formula is C18H23N5O2. The summed E-state index contributed by atoms with van der Waals surface area (Å²) < 4.78 is 0. The maximum absolute atomic E-state index is 12.6. The second-order valence-electron chi connectivity index (χ2n) is 6.20. The molecule has 25 heavy (non-hydrogen) atoms. The van der Waals surface area contributed by atoms with Crippen molar-refractivity contribution in [1.29, 1.82) is 0 Å². The van der Waals surface area contributed by atoms with Gasteiger partial charge >= 0.3 is 12.1 Å². The Hall–Kier alpha value is -2.83. The van der Waals surface area contributed by atoms with Crippen LogP contribution in [0.5, 0.6) is 0 Å². The van der Waals surface area contributed by atoms with Crippen LogP contribution in [0.1, 0.15) is 18.4 Å². The highest BCUT2D eigenvalue weighted by atomic mass is 16.2. The van der Waals surface area contributed by atoms with Gasteiger partial charge in [-0.05, 0) is 37.6 Å². The molecule has 3 rings (SSSR count). The summed E-state index contributed by atoms with van der Waals surface area (Å²) >= 11 is 0. The number of benzene rings is 1. The van der Waals surface area contributed by atoms with Gasteiger partial charge in [0.25, 0.3) is 0 Å². The molecule has 2 aliphatic heterocycles. The monoisotopic (exact) mass is 341 g/mol. The number of nitrogens with one attached hydrogen (secondary N) is 2. The Morgan fingerprint density at radius 1 is 1.28 bits per heavy atom. The second kappa shape index (κ2) is 7.83. The number of urea groups is 2. The average Bonchev–Trinajstić information content (AvgIpc) is 2.80. The first-order valence-electron chi connectivity index (χ1n) is 8.51. The predicted octanol–water partition coefficient (Wildman–Crippen LogP) is 2.42. The van der Waals surface area contributed by atoms with Crippen LogP contribution in [0.3, 0.4) is 0 Å². The summed E-state index contributed by atoms with van der Waals surface area (Å²) in [4.78, 5) is 31.8. The number of rotatable bonds is 3. The number of para-hydroxylation sites is 1. The van der Waals surface area contributed by atoms with Crippen molar-refractivity contribution in [2.75, 3.05) is 25.0 Å². The lowest BCUT2D eigenvalue weighted by Crippen LogP contribution is -2.51. The maximum atomic E-state index is 12.6. The molecule has 2 N–H and O–H groups in total. The lowest BCUT2D eigenvalue weighted by molar-refractivity contribution is 0.136. The molecule has 1 fully saturated rings. The molecule has 0 unspecified atom stereocenters. The zero-order valence-corrected chi connectivity index (χ0v) is 14.1. The van der Waals surface area contributed by atoms with E-state index in [9.17, 15) is 9.59 Å². The fourth-order valence-corrected chi connectivity index (χ4v) is 3.37. The molecule has 1 aromatic carbocycles. The van der Waals surface area contributed by atoms with Crippen molar-refractivity contribution in [1.82, 2.24) is 15.1 Å². The van der Waals surface area contributed by atoms with E-state index < -0.39 is 0 Å². The third-order valence-electron chi connectivity index (χ3n) is 4.72. The van der Waals surface area contributed by atoms with Gasteiger partial charge in [-0.3, -0.25) is 4.99 Å². The summed E-state index contributed by atoms with van der Waals surface area (Å²) in [5.74, 6) is 0. The number of anilines is 1. The number of aliphatic imine (C=N–C) groups is 1. The molecule has 7 nitrogen and oxygen atoms in total. The number of carbonyl (C=O) groups excluding carboxylic acids is 2. The van der Waals surface area contributed by atoms with Gasteiger partial charge in [-0.1, -0.05) is 18.2 Å². The molecule has 2 aliphatic rings. The lowest BCUT2D eigenvalue weighted by Gasteiger charge is -2.37. The number of hydrogen-bond acceptors (Lipinski definition) is 3. The van der Waals surface area contributed by atoms with Crippen molar-refractivity contribution < 1.29 is 9.59 Å². The highest BCUT2D eigenvalue weighted by molar-refractivity contribution is 5.91. The van der Waals surface area contributed by atoms with E-state index >= 15 is 0 Å². The Kier molecular flexibility index (Phi) is 5.33. The minimum absolute atomic E-state index is 0.0483. The number of hydrogen-bond donors (Lipinski definition) is 2. The van der Waals surface area contributed by atoms with Gasteiger partial charge in [0.15, 0.2) is 0 Å². The lowest BCUT2D eigenvalue weighted by atomic mass is 10.0. The van der Waals surface area contributed by atoms with Gasteiger partial charge in [-0.25, -0.2) is 9.59 Å². The molecule has 2 heterocycles. The van der Waals surface area contributed by atoms with Crippen LogP contribution in [0.25, 0.3) is 0 Å². The number of nitrogens with zero attached hydrogens (tertiary/aromatic N) is 3. The molecule has 0 aromatic heterocycles. The molecule has 0 spiro atoms. The maximum Gasteiger partial charge on any atom is 0.322 e. The van der Waals surface area contributed by atoms with E-state index in [0.717, 1.165) is 30.5 Å². The number of amides is 4. The Labute approximate surface area is 147 Å². The fraction of sp³-hybridized carbons (Fsp3) is 0.389. The quantitative estimate of drug-likeness (QED) is 0.828. The van der Waals surface area contributed by atoms with Gasteiger partial charge in [0.1, 0.15) is 0 Å². The number of likely N-dealkylation sites (tertiary alicyclic amines) is 1. The minimum Gasteiger partial charge on any atom is -0.324 e. The van der Waals surface area contributed by atoms with Crippen molar-refractivity contribution >= 4 is 24.5 Å². The summed E-state index contributed by atoms with van der Waals surface area (Å²) in [7, 11) is 0. The second-order valence-corrected chi connectivity index (χ2v) is 6.20. The SMILES string of the molecule is C=N/C=C\NC(=O)N1CCC(N2CCc3ccccc3NC2=O)CC1. The predicted molar refractivity (Wildman–Crippen MR) is 97.7 cm³/mol. The van der Waals surface area contributed by atoms with Crippen molar-refractivity contribution in [3.8, 4) is 0 Å². The van der Waals surface area contributed by atoms with E-state index in [0.29, 0.717) is 19.6 Å². The Morgan fingerprint density at radius 3 is 2.80 bits per heavy atom. The summed E-state index contributed by atoms with van der Waals surface area (Å²) in [6.07, 6.45) is 5.31. The smallest absolute Gasteiger partial charge is 0.322 e. The number of fused-ring (bicyclic) bond motifs is 1. The third-order valence-corrected chi connectivity index (χ3v) is 4.72. The van der Waals surface area contributed by atoms with E-state index in [1.165, 1.54) is 12.4 Å². The van der Waals surface area contributed by atoms with Crippen molar-refractivity contribution in [3.05, 3.63) is 42.2 Å². The molecule has 0 aliphatic carbocycles. The van der Waals surface area contributed by atoms with Gasteiger partial charge in [0.2, 0.25) is 0 Å². The summed E-state index contributed by atoms with van der Waals surface area (Å²) in [5, 5.41) is 5.66. The van der Waals surface area contributed by atoms with Gasteiger partial charge < -0.3 is 20.4 Å². The highest BCUT2D eigenvalue weighted by Crippen LogP contribution is 2.24. The van der Waals surface area contributed by atoms with Crippen molar-refractivity contribution in [3.63, 3.8) is 0 Å². The molecule has 4 amide bonds. The number of carbonyl (C=O) groups is 2. The van der Waals surface area contributed by atoms with Crippen LogP contribution in [0, 0.1) is 0 Å². The Morgan fingerprint density at radius 2 is 2.04 bits per heavy atom. The van der Waals surface area contributed by atoms with Crippen molar-refractivity contribution in [2.45, 2.75) is 25.3 Å². The average molecular weight is 341 g/mol. The van der Waals surface area contributed by atoms with E-state index in [-0.39, 0.29) is 18.1 Å². The molecule has 132 valence electrons. The standard InChI is InChI=1S/C18H23N5O2/c1-19-9-10-20-17(24)22-11-7-15(8-12-22)23-13-6-14-4-2-3-5-16(14)21-18(23)25/h2-5,9-10,15H,1,6-8,11-13H2,(H,20,24)(H,21,25)/b10-9-. The van der Waals surface area contributed by atoms with Crippen LogP contribution in [-0.4, -0.2) is 54.3 Å². The Balaban J connectivity index is 1.56. The zero-order chi connectivity index (χ0) is 17.6.